The van der Waals surface area contributed by atoms with Gasteiger partial charge >= 0.3 is 0 Å². The van der Waals surface area contributed by atoms with Gasteiger partial charge in [-0.1, -0.05) is 27.7 Å². The quantitative estimate of drug-likeness (QED) is 0.443. The summed E-state index contributed by atoms with van der Waals surface area (Å²) in [5.41, 5.74) is 2.88. The molecule has 0 atom stereocenters. The van der Waals surface area contributed by atoms with Crippen LogP contribution >= 0.6 is 47.0 Å². The zero-order valence-electron chi connectivity index (χ0n) is 15.2. The fourth-order valence-electron chi connectivity index (χ4n) is 2.37. The SMILES string of the molecule is COc1c(NC(=S)Nc2ccc(NC(=O)c3csnn3)cc2)cc(Cl)c(C)c1Cl. The van der Waals surface area contributed by atoms with Gasteiger partial charge < -0.3 is 20.7 Å². The molecule has 0 aliphatic carbocycles. The highest BCUT2D eigenvalue weighted by molar-refractivity contribution is 7.80. The van der Waals surface area contributed by atoms with Gasteiger partial charge in [0.15, 0.2) is 16.6 Å². The minimum absolute atomic E-state index is 0.270. The normalized spacial score (nSPS) is 10.3. The summed E-state index contributed by atoms with van der Waals surface area (Å²) in [5, 5.41) is 15.4. The first-order chi connectivity index (χ1) is 13.9. The Bertz CT molecular complexity index is 1040. The summed E-state index contributed by atoms with van der Waals surface area (Å²) >= 11 is 19.0. The second-order valence-corrected chi connectivity index (χ2v) is 7.58. The van der Waals surface area contributed by atoms with Crippen LogP contribution in [0.1, 0.15) is 16.1 Å². The summed E-state index contributed by atoms with van der Waals surface area (Å²) in [6, 6.07) is 8.72. The summed E-state index contributed by atoms with van der Waals surface area (Å²) in [5.74, 6) is 0.129. The molecule has 0 saturated carbocycles. The lowest BCUT2D eigenvalue weighted by atomic mass is 10.2. The Labute approximate surface area is 186 Å². The molecule has 1 amide bonds. The van der Waals surface area contributed by atoms with Gasteiger partial charge in [-0.15, -0.1) is 5.10 Å². The average molecular weight is 468 g/mol. The van der Waals surface area contributed by atoms with E-state index >= 15 is 0 Å². The first-order valence-corrected chi connectivity index (χ1v) is 10.2. The number of hydrogen-bond acceptors (Lipinski definition) is 6. The first kappa shape index (κ1) is 21.3. The molecule has 2 aromatic carbocycles. The van der Waals surface area contributed by atoms with Gasteiger partial charge in [-0.3, -0.25) is 4.79 Å². The molecule has 150 valence electrons. The molecule has 3 aromatic rings. The van der Waals surface area contributed by atoms with Crippen LogP contribution in [-0.2, 0) is 0 Å². The molecule has 0 radical (unpaired) electrons. The van der Waals surface area contributed by atoms with Crippen LogP contribution in [0.2, 0.25) is 10.0 Å². The van der Waals surface area contributed by atoms with E-state index in [0.29, 0.717) is 32.3 Å². The second-order valence-electron chi connectivity index (χ2n) is 5.78. The number of anilines is 3. The highest BCUT2D eigenvalue weighted by atomic mass is 35.5. The standard InChI is InChI=1S/C18H15Cl2N5O2S2/c1-9-12(19)7-13(16(27-2)15(9)20)23-18(28)22-11-5-3-10(4-6-11)21-17(26)14-8-29-25-24-14/h3-8H,1-2H3,(H,21,26)(H2,22,23,28). The zero-order valence-corrected chi connectivity index (χ0v) is 18.4. The Kier molecular flexibility index (Phi) is 6.86. The van der Waals surface area contributed by atoms with Gasteiger partial charge in [0, 0.05) is 21.8 Å². The number of amides is 1. The van der Waals surface area contributed by atoms with Gasteiger partial charge in [-0.2, -0.15) is 0 Å². The van der Waals surface area contributed by atoms with Crippen molar-refractivity contribution in [2.75, 3.05) is 23.1 Å². The van der Waals surface area contributed by atoms with Crippen LogP contribution in [0.25, 0.3) is 0 Å². The van der Waals surface area contributed by atoms with Crippen molar-refractivity contribution in [1.29, 1.82) is 0 Å². The average Bonchev–Trinajstić information content (AvgIpc) is 3.23. The maximum Gasteiger partial charge on any atom is 0.277 e. The molecule has 0 aliphatic rings. The Morgan fingerprint density at radius 3 is 2.38 bits per heavy atom. The van der Waals surface area contributed by atoms with Crippen molar-refractivity contribution < 1.29 is 9.53 Å². The molecule has 7 nitrogen and oxygen atoms in total. The summed E-state index contributed by atoms with van der Waals surface area (Å²) in [6.07, 6.45) is 0. The van der Waals surface area contributed by atoms with Crippen molar-refractivity contribution in [2.24, 2.45) is 0 Å². The number of thiocarbonyl (C=S) groups is 1. The molecule has 29 heavy (non-hydrogen) atoms. The van der Waals surface area contributed by atoms with E-state index in [4.69, 9.17) is 40.2 Å². The molecule has 0 fully saturated rings. The zero-order chi connectivity index (χ0) is 21.0. The van der Waals surface area contributed by atoms with Crippen LogP contribution in [0.3, 0.4) is 0 Å². The molecule has 1 aromatic heterocycles. The third-order valence-corrected chi connectivity index (χ3v) is 5.40. The first-order valence-electron chi connectivity index (χ1n) is 8.18. The topological polar surface area (TPSA) is 88.2 Å². The van der Waals surface area contributed by atoms with Crippen LogP contribution in [0.4, 0.5) is 17.1 Å². The number of rotatable bonds is 5. The minimum atomic E-state index is -0.322. The van der Waals surface area contributed by atoms with E-state index < -0.39 is 0 Å². The number of methoxy groups -OCH3 is 1. The van der Waals surface area contributed by atoms with E-state index in [2.05, 4.69) is 25.5 Å². The molecular formula is C18H15Cl2N5O2S2. The highest BCUT2D eigenvalue weighted by Crippen LogP contribution is 2.39. The molecule has 11 heteroatoms. The van der Waals surface area contributed by atoms with Crippen LogP contribution in [-0.4, -0.2) is 27.7 Å². The van der Waals surface area contributed by atoms with E-state index in [-0.39, 0.29) is 11.6 Å². The van der Waals surface area contributed by atoms with Crippen molar-refractivity contribution in [3.8, 4) is 5.75 Å². The minimum Gasteiger partial charge on any atom is -0.493 e. The van der Waals surface area contributed by atoms with E-state index in [1.54, 1.807) is 42.6 Å². The number of aromatic nitrogens is 2. The smallest absolute Gasteiger partial charge is 0.277 e. The Morgan fingerprint density at radius 1 is 1.14 bits per heavy atom. The Hall–Kier alpha value is -2.46. The van der Waals surface area contributed by atoms with E-state index in [9.17, 15) is 4.79 Å². The monoisotopic (exact) mass is 467 g/mol. The largest absolute Gasteiger partial charge is 0.493 e. The molecule has 0 saturated heterocycles. The molecule has 0 unspecified atom stereocenters. The van der Waals surface area contributed by atoms with Crippen molar-refractivity contribution in [3.63, 3.8) is 0 Å². The van der Waals surface area contributed by atoms with Crippen LogP contribution in [0.5, 0.6) is 5.75 Å². The van der Waals surface area contributed by atoms with Crippen LogP contribution in [0, 0.1) is 6.92 Å². The van der Waals surface area contributed by atoms with Crippen molar-refractivity contribution in [3.05, 3.63) is 57.0 Å². The number of nitrogens with one attached hydrogen (secondary N) is 3. The third-order valence-electron chi connectivity index (χ3n) is 3.85. The second kappa shape index (κ2) is 9.36. The number of carbonyl (C=O) groups is 1. The summed E-state index contributed by atoms with van der Waals surface area (Å²) in [7, 11) is 1.52. The summed E-state index contributed by atoms with van der Waals surface area (Å²) in [6.45, 7) is 1.80. The number of hydrogen-bond donors (Lipinski definition) is 3. The van der Waals surface area contributed by atoms with Gasteiger partial charge in [0.25, 0.3) is 5.91 Å². The Morgan fingerprint density at radius 2 is 1.79 bits per heavy atom. The summed E-state index contributed by atoms with van der Waals surface area (Å²) in [4.78, 5) is 12.0. The third kappa shape index (κ3) is 5.13. The fraction of sp³-hybridized carbons (Fsp3) is 0.111. The van der Waals surface area contributed by atoms with Gasteiger partial charge in [-0.05, 0) is 66.6 Å². The van der Waals surface area contributed by atoms with Crippen molar-refractivity contribution in [2.45, 2.75) is 6.92 Å². The lowest BCUT2D eigenvalue weighted by Crippen LogP contribution is -2.19. The van der Waals surface area contributed by atoms with Crippen molar-refractivity contribution in [1.82, 2.24) is 9.59 Å². The number of ether oxygens (including phenoxy) is 1. The Balaban J connectivity index is 1.65. The lowest BCUT2D eigenvalue weighted by molar-refractivity contribution is 0.102. The predicted octanol–water partition coefficient (Wildman–Crippen LogP) is 5.22. The fourth-order valence-corrected chi connectivity index (χ4v) is 3.56. The number of benzene rings is 2. The molecule has 3 N–H and O–H groups in total. The molecule has 3 rings (SSSR count). The maximum atomic E-state index is 12.0. The van der Waals surface area contributed by atoms with Gasteiger partial charge in [0.2, 0.25) is 0 Å². The van der Waals surface area contributed by atoms with E-state index in [1.807, 2.05) is 0 Å². The number of halogens is 2. The van der Waals surface area contributed by atoms with Gasteiger partial charge in [0.1, 0.15) is 0 Å². The number of nitrogens with zero attached hydrogens (tertiary/aromatic N) is 2. The highest BCUT2D eigenvalue weighted by Gasteiger charge is 2.15. The molecule has 0 aliphatic heterocycles. The molecule has 0 bridgehead atoms. The maximum absolute atomic E-state index is 12.0. The summed E-state index contributed by atoms with van der Waals surface area (Å²) < 4.78 is 9.02. The lowest BCUT2D eigenvalue weighted by Gasteiger charge is -2.16. The van der Waals surface area contributed by atoms with Gasteiger partial charge in [0.05, 0.1) is 17.8 Å². The molecule has 0 spiro atoms. The van der Waals surface area contributed by atoms with Gasteiger partial charge in [-0.25, -0.2) is 0 Å². The van der Waals surface area contributed by atoms with Crippen molar-refractivity contribution >= 4 is 75.0 Å². The van der Waals surface area contributed by atoms with E-state index in [0.717, 1.165) is 22.8 Å². The van der Waals surface area contributed by atoms with Crippen LogP contribution < -0.4 is 20.7 Å². The molecule has 1 heterocycles. The predicted molar refractivity (Wildman–Crippen MR) is 122 cm³/mol. The molecular weight excluding hydrogens is 453 g/mol. The van der Waals surface area contributed by atoms with E-state index in [1.165, 1.54) is 7.11 Å². The number of carbonyl (C=O) groups excluding carboxylic acids is 1. The van der Waals surface area contributed by atoms with Crippen LogP contribution in [0.15, 0.2) is 35.7 Å².